The van der Waals surface area contributed by atoms with E-state index in [4.69, 9.17) is 4.74 Å². The molecular weight excluding hydrogens is 254 g/mol. The quantitative estimate of drug-likeness (QED) is 0.506. The molecule has 19 heavy (non-hydrogen) atoms. The van der Waals surface area contributed by atoms with Crippen molar-refractivity contribution in [2.45, 2.75) is 4.90 Å². The lowest BCUT2D eigenvalue weighted by molar-refractivity contribution is 0.221. The van der Waals surface area contributed by atoms with Gasteiger partial charge in [0.25, 0.3) is 0 Å². The van der Waals surface area contributed by atoms with Crippen LogP contribution in [0.1, 0.15) is 11.1 Å². The van der Waals surface area contributed by atoms with Gasteiger partial charge in [0.05, 0.1) is 5.69 Å². The Bertz CT molecular complexity index is 599. The lowest BCUT2D eigenvalue weighted by Crippen LogP contribution is -2.04. The first kappa shape index (κ1) is 13.5. The maximum absolute atomic E-state index is 5.02. The summed E-state index contributed by atoms with van der Waals surface area (Å²) in [4.78, 5) is 0.892. The number of methoxy groups -OCH3 is 1. The lowest BCUT2D eigenvalue weighted by Gasteiger charge is -2.08. The molecule has 96 valence electrons. The van der Waals surface area contributed by atoms with Gasteiger partial charge in [-0.15, -0.1) is 12.6 Å². The van der Waals surface area contributed by atoms with Crippen molar-refractivity contribution in [3.05, 3.63) is 59.7 Å². The molecule has 0 aliphatic carbocycles. The van der Waals surface area contributed by atoms with Crippen molar-refractivity contribution < 1.29 is 4.74 Å². The highest BCUT2D eigenvalue weighted by atomic mass is 32.1. The third-order valence-corrected chi connectivity index (χ3v) is 2.80. The van der Waals surface area contributed by atoms with Crippen molar-refractivity contribution in [1.29, 1.82) is 0 Å². The molecule has 0 amide bonds. The summed E-state index contributed by atoms with van der Waals surface area (Å²) in [7, 11) is 1.65. The number of benzene rings is 2. The van der Waals surface area contributed by atoms with Gasteiger partial charge >= 0.3 is 0 Å². The summed E-state index contributed by atoms with van der Waals surface area (Å²) in [5, 5.41) is 3.17. The van der Waals surface area contributed by atoms with Gasteiger partial charge in [-0.3, -0.25) is 0 Å². The third kappa shape index (κ3) is 4.06. The smallest absolute Gasteiger partial charge is 0.116 e. The molecule has 3 heteroatoms. The molecule has 0 unspecified atom stereocenters. The molecule has 0 radical (unpaired) electrons. The van der Waals surface area contributed by atoms with Crippen molar-refractivity contribution in [3.8, 4) is 11.8 Å². The first-order valence-electron chi connectivity index (χ1n) is 5.92. The Hall–Kier alpha value is -1.89. The normalized spacial score (nSPS) is 9.58. The standard InChI is InChI=1S/C16H15NOS/c1-18-12-17-16-11-15(19)10-9-14(16)8-7-13-5-3-2-4-6-13/h2-6,9-11,17,19H,12H2,1H3. The Morgan fingerprint density at radius 3 is 2.63 bits per heavy atom. The van der Waals surface area contributed by atoms with Gasteiger partial charge in [0.2, 0.25) is 0 Å². The minimum atomic E-state index is 0.442. The SMILES string of the molecule is COCNc1cc(S)ccc1C#Cc1ccccc1. The van der Waals surface area contributed by atoms with Crippen LogP contribution >= 0.6 is 12.6 Å². The predicted molar refractivity (Wildman–Crippen MR) is 81.6 cm³/mol. The molecule has 0 aromatic heterocycles. The van der Waals surface area contributed by atoms with E-state index in [1.807, 2.05) is 48.5 Å². The van der Waals surface area contributed by atoms with Crippen molar-refractivity contribution >= 4 is 18.3 Å². The first-order valence-corrected chi connectivity index (χ1v) is 6.37. The molecule has 0 bridgehead atoms. The molecule has 0 fully saturated rings. The van der Waals surface area contributed by atoms with Crippen molar-refractivity contribution in [3.63, 3.8) is 0 Å². The zero-order valence-electron chi connectivity index (χ0n) is 10.7. The number of hydrogen-bond acceptors (Lipinski definition) is 3. The fraction of sp³-hybridized carbons (Fsp3) is 0.125. The largest absolute Gasteiger partial charge is 0.365 e. The van der Waals surface area contributed by atoms with Gasteiger partial charge in [-0.05, 0) is 30.3 Å². The van der Waals surface area contributed by atoms with Crippen LogP contribution < -0.4 is 5.32 Å². The van der Waals surface area contributed by atoms with E-state index in [0.29, 0.717) is 6.73 Å². The summed E-state index contributed by atoms with van der Waals surface area (Å²) in [5.74, 6) is 6.31. The fourth-order valence-electron chi connectivity index (χ4n) is 1.60. The van der Waals surface area contributed by atoms with E-state index in [-0.39, 0.29) is 0 Å². The summed E-state index contributed by atoms with van der Waals surface area (Å²) >= 11 is 4.33. The molecule has 2 rings (SSSR count). The van der Waals surface area contributed by atoms with Crippen LogP contribution in [0.25, 0.3) is 0 Å². The molecule has 0 saturated heterocycles. The van der Waals surface area contributed by atoms with Gasteiger partial charge in [0.15, 0.2) is 0 Å². The highest BCUT2D eigenvalue weighted by Gasteiger charge is 1.99. The molecule has 0 atom stereocenters. The van der Waals surface area contributed by atoms with E-state index in [2.05, 4.69) is 29.8 Å². The summed E-state index contributed by atoms with van der Waals surface area (Å²) in [6, 6.07) is 15.7. The minimum absolute atomic E-state index is 0.442. The highest BCUT2D eigenvalue weighted by Crippen LogP contribution is 2.19. The number of thiol groups is 1. The predicted octanol–water partition coefficient (Wildman–Crippen LogP) is 3.39. The molecule has 1 N–H and O–H groups in total. The lowest BCUT2D eigenvalue weighted by atomic mass is 10.1. The van der Waals surface area contributed by atoms with Crippen LogP contribution in [-0.2, 0) is 4.74 Å². The molecule has 0 heterocycles. The van der Waals surface area contributed by atoms with Crippen molar-refractivity contribution in [2.24, 2.45) is 0 Å². The highest BCUT2D eigenvalue weighted by molar-refractivity contribution is 7.80. The second kappa shape index (κ2) is 6.89. The Balaban J connectivity index is 2.27. The van der Waals surface area contributed by atoms with E-state index in [0.717, 1.165) is 21.7 Å². The van der Waals surface area contributed by atoms with Gasteiger partial charge in [-0.2, -0.15) is 0 Å². The van der Waals surface area contributed by atoms with E-state index in [1.54, 1.807) is 7.11 Å². The Labute approximate surface area is 119 Å². The van der Waals surface area contributed by atoms with Crippen LogP contribution in [-0.4, -0.2) is 13.8 Å². The fourth-order valence-corrected chi connectivity index (χ4v) is 1.80. The van der Waals surface area contributed by atoms with E-state index >= 15 is 0 Å². The minimum Gasteiger partial charge on any atom is -0.365 e. The van der Waals surface area contributed by atoms with Gasteiger partial charge in [0.1, 0.15) is 6.73 Å². The van der Waals surface area contributed by atoms with Gasteiger partial charge in [-0.25, -0.2) is 0 Å². The van der Waals surface area contributed by atoms with Gasteiger partial charge in [-0.1, -0.05) is 30.0 Å². The molecule has 0 saturated carbocycles. The summed E-state index contributed by atoms with van der Waals surface area (Å²) in [6.07, 6.45) is 0. The zero-order valence-corrected chi connectivity index (χ0v) is 11.6. The molecule has 0 aliphatic heterocycles. The number of ether oxygens (including phenoxy) is 1. The maximum atomic E-state index is 5.02. The van der Waals surface area contributed by atoms with Crippen LogP contribution in [0.4, 0.5) is 5.69 Å². The summed E-state index contributed by atoms with van der Waals surface area (Å²) in [6.45, 7) is 0.442. The second-order valence-electron chi connectivity index (χ2n) is 3.96. The molecule has 2 aromatic rings. The number of nitrogens with one attached hydrogen (secondary N) is 1. The van der Waals surface area contributed by atoms with E-state index in [9.17, 15) is 0 Å². The van der Waals surface area contributed by atoms with Crippen molar-refractivity contribution in [2.75, 3.05) is 19.2 Å². The molecular formula is C16H15NOS. The van der Waals surface area contributed by atoms with Crippen LogP contribution in [0.15, 0.2) is 53.4 Å². The van der Waals surface area contributed by atoms with Gasteiger partial charge in [0, 0.05) is 23.1 Å². The number of anilines is 1. The van der Waals surface area contributed by atoms with Crippen LogP contribution in [0.5, 0.6) is 0 Å². The van der Waals surface area contributed by atoms with Crippen LogP contribution in [0.2, 0.25) is 0 Å². The monoisotopic (exact) mass is 269 g/mol. The maximum Gasteiger partial charge on any atom is 0.116 e. The molecule has 2 nitrogen and oxygen atoms in total. The van der Waals surface area contributed by atoms with Crippen molar-refractivity contribution in [1.82, 2.24) is 0 Å². The van der Waals surface area contributed by atoms with Crippen LogP contribution in [0.3, 0.4) is 0 Å². The summed E-state index contributed by atoms with van der Waals surface area (Å²) in [5.41, 5.74) is 2.85. The number of hydrogen-bond donors (Lipinski definition) is 2. The molecule has 0 aliphatic rings. The first-order chi connectivity index (χ1) is 9.29. The van der Waals surface area contributed by atoms with E-state index in [1.165, 1.54) is 0 Å². The second-order valence-corrected chi connectivity index (χ2v) is 4.47. The number of rotatable bonds is 3. The third-order valence-electron chi connectivity index (χ3n) is 2.53. The van der Waals surface area contributed by atoms with Gasteiger partial charge < -0.3 is 10.1 Å². The molecule has 2 aromatic carbocycles. The Morgan fingerprint density at radius 2 is 1.89 bits per heavy atom. The summed E-state index contributed by atoms with van der Waals surface area (Å²) < 4.78 is 5.02. The average molecular weight is 269 g/mol. The Morgan fingerprint density at radius 1 is 1.11 bits per heavy atom. The van der Waals surface area contributed by atoms with E-state index < -0.39 is 0 Å². The average Bonchev–Trinajstić information content (AvgIpc) is 2.45. The Kier molecular flexibility index (Phi) is 4.91. The van der Waals surface area contributed by atoms with Crippen LogP contribution in [0, 0.1) is 11.8 Å². The topological polar surface area (TPSA) is 21.3 Å². The zero-order chi connectivity index (χ0) is 13.5. The molecule has 0 spiro atoms.